The molecule has 0 spiro atoms. The van der Waals surface area contributed by atoms with E-state index in [1.807, 2.05) is 0 Å². The molecule has 110 valence electrons. The Morgan fingerprint density at radius 2 is 2.00 bits per heavy atom. The van der Waals surface area contributed by atoms with Crippen molar-refractivity contribution in [1.82, 2.24) is 4.90 Å². The summed E-state index contributed by atoms with van der Waals surface area (Å²) in [7, 11) is 0. The molecule has 0 amide bonds. The van der Waals surface area contributed by atoms with Crippen molar-refractivity contribution in [3.05, 3.63) is 34.9 Å². The van der Waals surface area contributed by atoms with Crippen LogP contribution in [0.5, 0.6) is 0 Å². The van der Waals surface area contributed by atoms with Gasteiger partial charge in [0.25, 0.3) is 0 Å². The maximum Gasteiger partial charge on any atom is 0.306 e. The standard InChI is InChI=1S/C16H22ClNO2/c1-11-3-4-14(9-12(11)2)15(17)10-18-7-5-13(6-8-18)16(19)20/h3-4,9,13,15H,5-8,10H2,1-2H3,(H,19,20). The van der Waals surface area contributed by atoms with E-state index >= 15 is 0 Å². The van der Waals surface area contributed by atoms with E-state index in [9.17, 15) is 4.79 Å². The highest BCUT2D eigenvalue weighted by molar-refractivity contribution is 6.21. The minimum atomic E-state index is -0.666. The Hall–Kier alpha value is -1.06. The van der Waals surface area contributed by atoms with Crippen LogP contribution in [-0.2, 0) is 4.79 Å². The summed E-state index contributed by atoms with van der Waals surface area (Å²) in [6, 6.07) is 6.34. The molecule has 0 aliphatic carbocycles. The van der Waals surface area contributed by atoms with Crippen LogP contribution in [0.2, 0.25) is 0 Å². The van der Waals surface area contributed by atoms with Gasteiger partial charge in [-0.05, 0) is 56.5 Å². The molecule has 1 heterocycles. The molecule has 0 saturated carbocycles. The van der Waals surface area contributed by atoms with Crippen molar-refractivity contribution in [2.45, 2.75) is 32.1 Å². The molecule has 1 unspecified atom stereocenters. The van der Waals surface area contributed by atoms with Gasteiger partial charge in [-0.2, -0.15) is 0 Å². The molecule has 2 rings (SSSR count). The molecule has 1 aliphatic rings. The normalized spacial score (nSPS) is 18.9. The number of aliphatic carboxylic acids is 1. The van der Waals surface area contributed by atoms with Crippen LogP contribution in [0.4, 0.5) is 0 Å². The Morgan fingerprint density at radius 3 is 2.55 bits per heavy atom. The Labute approximate surface area is 125 Å². The third-order valence-corrected chi connectivity index (χ3v) is 4.64. The van der Waals surface area contributed by atoms with Gasteiger partial charge in [-0.1, -0.05) is 18.2 Å². The molecule has 0 bridgehead atoms. The van der Waals surface area contributed by atoms with Gasteiger partial charge in [-0.25, -0.2) is 0 Å². The number of benzene rings is 1. The van der Waals surface area contributed by atoms with Crippen LogP contribution < -0.4 is 0 Å². The van der Waals surface area contributed by atoms with Crippen molar-refractivity contribution < 1.29 is 9.90 Å². The second kappa shape index (κ2) is 6.59. The van der Waals surface area contributed by atoms with Crippen LogP contribution in [0.1, 0.15) is 34.9 Å². The summed E-state index contributed by atoms with van der Waals surface area (Å²) in [4.78, 5) is 13.2. The van der Waals surface area contributed by atoms with E-state index in [0.717, 1.165) is 38.0 Å². The quantitative estimate of drug-likeness (QED) is 0.866. The number of alkyl halides is 1. The zero-order chi connectivity index (χ0) is 14.7. The first-order valence-corrected chi connectivity index (χ1v) is 7.57. The number of hydrogen-bond acceptors (Lipinski definition) is 2. The summed E-state index contributed by atoms with van der Waals surface area (Å²) in [6.45, 7) is 6.63. The minimum absolute atomic E-state index is 0.0318. The topological polar surface area (TPSA) is 40.5 Å². The summed E-state index contributed by atoms with van der Waals surface area (Å²) in [5.74, 6) is -0.845. The lowest BCUT2D eigenvalue weighted by Crippen LogP contribution is -2.37. The molecule has 1 saturated heterocycles. The summed E-state index contributed by atoms with van der Waals surface area (Å²) >= 11 is 6.50. The molecule has 1 aromatic rings. The zero-order valence-electron chi connectivity index (χ0n) is 12.1. The lowest BCUT2D eigenvalue weighted by atomic mass is 9.96. The van der Waals surface area contributed by atoms with Crippen molar-refractivity contribution in [3.8, 4) is 0 Å². The zero-order valence-corrected chi connectivity index (χ0v) is 12.9. The van der Waals surface area contributed by atoms with E-state index in [4.69, 9.17) is 16.7 Å². The van der Waals surface area contributed by atoms with Crippen molar-refractivity contribution in [3.63, 3.8) is 0 Å². The molecule has 3 nitrogen and oxygen atoms in total. The molecule has 1 N–H and O–H groups in total. The van der Waals surface area contributed by atoms with E-state index in [-0.39, 0.29) is 11.3 Å². The number of hydrogen-bond donors (Lipinski definition) is 1. The molecule has 20 heavy (non-hydrogen) atoms. The van der Waals surface area contributed by atoms with Crippen LogP contribution in [0.15, 0.2) is 18.2 Å². The SMILES string of the molecule is Cc1ccc(C(Cl)CN2CCC(C(=O)O)CC2)cc1C. The molecule has 1 fully saturated rings. The smallest absolute Gasteiger partial charge is 0.306 e. The molecule has 0 aromatic heterocycles. The number of rotatable bonds is 4. The fourth-order valence-corrected chi connectivity index (χ4v) is 2.98. The van der Waals surface area contributed by atoms with E-state index < -0.39 is 5.97 Å². The monoisotopic (exact) mass is 295 g/mol. The van der Waals surface area contributed by atoms with Gasteiger partial charge >= 0.3 is 5.97 Å². The highest BCUT2D eigenvalue weighted by Gasteiger charge is 2.25. The molecule has 0 radical (unpaired) electrons. The Morgan fingerprint density at radius 1 is 1.35 bits per heavy atom. The third kappa shape index (κ3) is 3.74. The molecule has 1 aliphatic heterocycles. The van der Waals surface area contributed by atoms with Crippen molar-refractivity contribution in [2.75, 3.05) is 19.6 Å². The number of carbonyl (C=O) groups is 1. The average molecular weight is 296 g/mol. The van der Waals surface area contributed by atoms with Gasteiger partial charge in [0.2, 0.25) is 0 Å². The second-order valence-corrected chi connectivity index (χ2v) is 6.25. The van der Waals surface area contributed by atoms with Gasteiger partial charge in [0.15, 0.2) is 0 Å². The fourth-order valence-electron chi connectivity index (χ4n) is 2.65. The van der Waals surface area contributed by atoms with Gasteiger partial charge in [-0.15, -0.1) is 11.6 Å². The Balaban J connectivity index is 1.90. The summed E-state index contributed by atoms with van der Waals surface area (Å²) in [5, 5.41) is 8.96. The number of likely N-dealkylation sites (tertiary alicyclic amines) is 1. The first-order valence-electron chi connectivity index (χ1n) is 7.13. The first kappa shape index (κ1) is 15.3. The van der Waals surface area contributed by atoms with E-state index in [1.54, 1.807) is 0 Å². The summed E-state index contributed by atoms with van der Waals surface area (Å²) < 4.78 is 0. The van der Waals surface area contributed by atoms with Gasteiger partial charge in [0.1, 0.15) is 0 Å². The maximum absolute atomic E-state index is 10.9. The minimum Gasteiger partial charge on any atom is -0.481 e. The number of carboxylic acids is 1. The largest absolute Gasteiger partial charge is 0.481 e. The lowest BCUT2D eigenvalue weighted by Gasteiger charge is -2.31. The second-order valence-electron chi connectivity index (χ2n) is 5.72. The third-order valence-electron chi connectivity index (χ3n) is 4.25. The number of nitrogens with zero attached hydrogens (tertiary/aromatic N) is 1. The van der Waals surface area contributed by atoms with Gasteiger partial charge in [0.05, 0.1) is 11.3 Å². The number of carboxylic acid groups (broad SMARTS) is 1. The molecule has 4 heteroatoms. The molecular formula is C16H22ClNO2. The average Bonchev–Trinajstić information content (AvgIpc) is 2.42. The molecule has 1 aromatic carbocycles. The Bertz CT molecular complexity index is 481. The van der Waals surface area contributed by atoms with E-state index in [0.29, 0.717) is 0 Å². The van der Waals surface area contributed by atoms with Gasteiger partial charge < -0.3 is 10.0 Å². The highest BCUT2D eigenvalue weighted by atomic mass is 35.5. The lowest BCUT2D eigenvalue weighted by molar-refractivity contribution is -0.143. The van der Waals surface area contributed by atoms with E-state index in [1.165, 1.54) is 11.1 Å². The van der Waals surface area contributed by atoms with Crippen molar-refractivity contribution >= 4 is 17.6 Å². The van der Waals surface area contributed by atoms with Crippen LogP contribution >= 0.6 is 11.6 Å². The highest BCUT2D eigenvalue weighted by Crippen LogP contribution is 2.26. The maximum atomic E-state index is 10.9. The van der Waals surface area contributed by atoms with E-state index in [2.05, 4.69) is 36.9 Å². The molecule has 1 atom stereocenters. The number of piperidine rings is 1. The van der Waals surface area contributed by atoms with Crippen LogP contribution in [0, 0.1) is 19.8 Å². The number of halogens is 1. The fraction of sp³-hybridized carbons (Fsp3) is 0.562. The summed E-state index contributed by atoms with van der Waals surface area (Å²) in [5.41, 5.74) is 3.69. The predicted octanol–water partition coefficient (Wildman–Crippen LogP) is 3.38. The van der Waals surface area contributed by atoms with Crippen LogP contribution in [0.3, 0.4) is 0 Å². The Kier molecular flexibility index (Phi) is 5.06. The number of aryl methyl sites for hydroxylation is 2. The van der Waals surface area contributed by atoms with Crippen molar-refractivity contribution in [1.29, 1.82) is 0 Å². The van der Waals surface area contributed by atoms with Gasteiger partial charge in [-0.3, -0.25) is 4.79 Å². The summed E-state index contributed by atoms with van der Waals surface area (Å²) in [6.07, 6.45) is 1.46. The van der Waals surface area contributed by atoms with Crippen LogP contribution in [0.25, 0.3) is 0 Å². The molecular weight excluding hydrogens is 274 g/mol. The first-order chi connectivity index (χ1) is 9.47. The van der Waals surface area contributed by atoms with Crippen LogP contribution in [-0.4, -0.2) is 35.6 Å². The predicted molar refractivity (Wildman–Crippen MR) is 81.3 cm³/mol. The van der Waals surface area contributed by atoms with Crippen molar-refractivity contribution in [2.24, 2.45) is 5.92 Å². The van der Waals surface area contributed by atoms with Gasteiger partial charge in [0, 0.05) is 6.54 Å².